The van der Waals surface area contributed by atoms with E-state index < -0.39 is 17.6 Å². The third-order valence-corrected chi connectivity index (χ3v) is 3.46. The van der Waals surface area contributed by atoms with Crippen molar-refractivity contribution >= 4 is 12.4 Å². The lowest BCUT2D eigenvalue weighted by atomic mass is 10.1. The van der Waals surface area contributed by atoms with Crippen LogP contribution in [0.25, 0.3) is 0 Å². The Labute approximate surface area is 132 Å². The Morgan fingerprint density at radius 2 is 2.05 bits per heavy atom. The average Bonchev–Trinajstić information content (AvgIpc) is 2.37. The average molecular weight is 343 g/mol. The molecule has 1 heterocycles. The summed E-state index contributed by atoms with van der Waals surface area (Å²) in [6.07, 6.45) is -4.70. The van der Waals surface area contributed by atoms with E-state index in [1.54, 1.807) is 0 Å². The number of rotatable bonds is 3. The molecule has 0 radical (unpaired) electrons. The minimum absolute atomic E-state index is 0. The SMILES string of the molecule is CC(N)C1CN(Cc2cc(F)cc(C(F)(F)F)c2)CCO1.Cl. The van der Waals surface area contributed by atoms with Crippen molar-refractivity contribution in [1.29, 1.82) is 0 Å². The molecular weight excluding hydrogens is 324 g/mol. The third-order valence-electron chi connectivity index (χ3n) is 3.46. The topological polar surface area (TPSA) is 38.5 Å². The van der Waals surface area contributed by atoms with E-state index in [9.17, 15) is 17.6 Å². The van der Waals surface area contributed by atoms with Crippen LogP contribution < -0.4 is 5.73 Å². The monoisotopic (exact) mass is 342 g/mol. The molecule has 0 bridgehead atoms. The fourth-order valence-corrected chi connectivity index (χ4v) is 2.36. The summed E-state index contributed by atoms with van der Waals surface area (Å²) in [7, 11) is 0. The lowest BCUT2D eigenvalue weighted by Crippen LogP contribution is -2.49. The van der Waals surface area contributed by atoms with Crippen LogP contribution in [0.3, 0.4) is 0 Å². The van der Waals surface area contributed by atoms with Gasteiger partial charge in [0.2, 0.25) is 0 Å². The Hall–Kier alpha value is -0.890. The number of nitrogens with two attached hydrogens (primary N) is 1. The molecule has 3 nitrogen and oxygen atoms in total. The first kappa shape index (κ1) is 19.2. The number of morpholine rings is 1. The summed E-state index contributed by atoms with van der Waals surface area (Å²) in [5, 5.41) is 0. The fourth-order valence-electron chi connectivity index (χ4n) is 2.36. The molecule has 0 aromatic heterocycles. The molecule has 1 aromatic rings. The van der Waals surface area contributed by atoms with Gasteiger partial charge in [0.15, 0.2) is 0 Å². The first-order valence-corrected chi connectivity index (χ1v) is 6.72. The number of halogens is 5. The van der Waals surface area contributed by atoms with Crippen molar-refractivity contribution in [2.75, 3.05) is 19.7 Å². The van der Waals surface area contributed by atoms with Gasteiger partial charge in [0.1, 0.15) is 5.82 Å². The first-order chi connectivity index (χ1) is 9.75. The zero-order valence-corrected chi connectivity index (χ0v) is 12.9. The zero-order chi connectivity index (χ0) is 15.6. The summed E-state index contributed by atoms with van der Waals surface area (Å²) < 4.78 is 56.9. The molecule has 0 spiro atoms. The Balaban J connectivity index is 0.00000242. The van der Waals surface area contributed by atoms with E-state index in [0.717, 1.165) is 12.1 Å². The Kier molecular flexibility index (Phi) is 6.61. The minimum Gasteiger partial charge on any atom is -0.374 e. The van der Waals surface area contributed by atoms with Crippen LogP contribution in [0.1, 0.15) is 18.1 Å². The van der Waals surface area contributed by atoms with Gasteiger partial charge in [-0.3, -0.25) is 4.90 Å². The summed E-state index contributed by atoms with van der Waals surface area (Å²) in [5.74, 6) is -0.878. The van der Waals surface area contributed by atoms with Crippen molar-refractivity contribution in [3.63, 3.8) is 0 Å². The highest BCUT2D eigenvalue weighted by Crippen LogP contribution is 2.30. The molecule has 1 aliphatic heterocycles. The van der Waals surface area contributed by atoms with E-state index in [0.29, 0.717) is 31.3 Å². The van der Waals surface area contributed by atoms with Gasteiger partial charge < -0.3 is 10.5 Å². The van der Waals surface area contributed by atoms with Crippen LogP contribution in [0, 0.1) is 5.82 Å². The largest absolute Gasteiger partial charge is 0.416 e. The molecule has 1 fully saturated rings. The maximum atomic E-state index is 13.4. The van der Waals surface area contributed by atoms with E-state index in [1.807, 2.05) is 11.8 Å². The molecule has 126 valence electrons. The number of hydrogen-bond donors (Lipinski definition) is 1. The van der Waals surface area contributed by atoms with E-state index in [1.165, 1.54) is 0 Å². The van der Waals surface area contributed by atoms with Crippen LogP contribution >= 0.6 is 12.4 Å². The quantitative estimate of drug-likeness (QED) is 0.858. The highest BCUT2D eigenvalue weighted by atomic mass is 35.5. The molecule has 2 unspecified atom stereocenters. The van der Waals surface area contributed by atoms with E-state index in [2.05, 4.69) is 0 Å². The van der Waals surface area contributed by atoms with Crippen LogP contribution in [0.4, 0.5) is 17.6 Å². The summed E-state index contributed by atoms with van der Waals surface area (Å²) in [6.45, 7) is 3.63. The molecule has 22 heavy (non-hydrogen) atoms. The van der Waals surface area contributed by atoms with Crippen molar-refractivity contribution in [2.24, 2.45) is 5.73 Å². The predicted octanol–water partition coefficient (Wildman–Crippen LogP) is 2.81. The van der Waals surface area contributed by atoms with E-state index in [-0.39, 0.29) is 31.1 Å². The van der Waals surface area contributed by atoms with Gasteiger partial charge in [-0.1, -0.05) is 0 Å². The van der Waals surface area contributed by atoms with Crippen molar-refractivity contribution < 1.29 is 22.3 Å². The summed E-state index contributed by atoms with van der Waals surface area (Å²) in [5.41, 5.74) is 5.10. The number of nitrogens with zero attached hydrogens (tertiary/aromatic N) is 1. The first-order valence-electron chi connectivity index (χ1n) is 6.72. The molecule has 0 aliphatic carbocycles. The normalized spacial score (nSPS) is 21.3. The molecule has 0 amide bonds. The van der Waals surface area contributed by atoms with E-state index >= 15 is 0 Å². The second kappa shape index (κ2) is 7.59. The number of hydrogen-bond acceptors (Lipinski definition) is 3. The number of alkyl halides is 3. The Bertz CT molecular complexity index is 496. The van der Waals surface area contributed by atoms with Gasteiger partial charge in [-0.25, -0.2) is 4.39 Å². The van der Waals surface area contributed by atoms with Crippen LogP contribution in [-0.4, -0.2) is 36.7 Å². The van der Waals surface area contributed by atoms with Gasteiger partial charge in [0.05, 0.1) is 18.3 Å². The fraction of sp³-hybridized carbons (Fsp3) is 0.571. The van der Waals surface area contributed by atoms with Gasteiger partial charge in [0, 0.05) is 25.7 Å². The second-order valence-corrected chi connectivity index (χ2v) is 5.35. The smallest absolute Gasteiger partial charge is 0.374 e. The molecular formula is C14H19ClF4N2O. The zero-order valence-electron chi connectivity index (χ0n) is 12.1. The number of benzene rings is 1. The van der Waals surface area contributed by atoms with Crippen molar-refractivity contribution in [1.82, 2.24) is 4.90 Å². The van der Waals surface area contributed by atoms with Gasteiger partial charge in [-0.15, -0.1) is 12.4 Å². The third kappa shape index (κ3) is 5.08. The molecule has 2 atom stereocenters. The summed E-state index contributed by atoms with van der Waals surface area (Å²) in [4.78, 5) is 1.92. The molecule has 0 saturated carbocycles. The molecule has 1 aliphatic rings. The molecule has 2 rings (SSSR count). The minimum atomic E-state index is -4.55. The molecule has 1 saturated heterocycles. The summed E-state index contributed by atoms with van der Waals surface area (Å²) >= 11 is 0. The van der Waals surface area contributed by atoms with Crippen LogP contribution in [0.2, 0.25) is 0 Å². The molecule has 8 heteroatoms. The Morgan fingerprint density at radius 1 is 1.36 bits per heavy atom. The maximum Gasteiger partial charge on any atom is 0.416 e. The number of ether oxygens (including phenoxy) is 1. The van der Waals surface area contributed by atoms with Crippen LogP contribution in [0.5, 0.6) is 0 Å². The predicted molar refractivity (Wildman–Crippen MR) is 77.3 cm³/mol. The lowest BCUT2D eigenvalue weighted by molar-refractivity contribution is -0.137. The molecule has 2 N–H and O–H groups in total. The van der Waals surface area contributed by atoms with Crippen molar-refractivity contribution in [3.8, 4) is 0 Å². The van der Waals surface area contributed by atoms with Crippen LogP contribution in [0.15, 0.2) is 18.2 Å². The van der Waals surface area contributed by atoms with Crippen molar-refractivity contribution in [3.05, 3.63) is 35.1 Å². The summed E-state index contributed by atoms with van der Waals surface area (Å²) in [6, 6.07) is 2.46. The van der Waals surface area contributed by atoms with Crippen LogP contribution in [-0.2, 0) is 17.5 Å². The molecule has 1 aromatic carbocycles. The van der Waals surface area contributed by atoms with Gasteiger partial charge in [-0.2, -0.15) is 13.2 Å². The highest BCUT2D eigenvalue weighted by molar-refractivity contribution is 5.85. The Morgan fingerprint density at radius 3 is 2.64 bits per heavy atom. The van der Waals surface area contributed by atoms with Gasteiger partial charge in [0.25, 0.3) is 0 Å². The van der Waals surface area contributed by atoms with E-state index in [4.69, 9.17) is 10.5 Å². The maximum absolute atomic E-state index is 13.4. The highest BCUT2D eigenvalue weighted by Gasteiger charge is 2.31. The second-order valence-electron chi connectivity index (χ2n) is 5.35. The van der Waals surface area contributed by atoms with Gasteiger partial charge >= 0.3 is 6.18 Å². The lowest BCUT2D eigenvalue weighted by Gasteiger charge is -2.34. The van der Waals surface area contributed by atoms with Crippen molar-refractivity contribution in [2.45, 2.75) is 31.8 Å². The standard InChI is InChI=1S/C14H18F4N2O.ClH/c1-9(19)13-8-20(2-3-21-13)7-10-4-11(14(16,17)18)6-12(15)5-10;/h4-6,9,13H,2-3,7-8,19H2,1H3;1H. The van der Waals surface area contributed by atoms with Gasteiger partial charge in [-0.05, 0) is 30.7 Å².